The summed E-state index contributed by atoms with van der Waals surface area (Å²) in [6.45, 7) is 8.75. The molecular formula is C31H39Cl4NO6. The summed E-state index contributed by atoms with van der Waals surface area (Å²) in [6, 6.07) is 10.6. The van der Waals surface area contributed by atoms with E-state index in [-0.39, 0.29) is 37.3 Å². The van der Waals surface area contributed by atoms with Crippen LogP contribution < -0.4 is 31.5 Å². The van der Waals surface area contributed by atoms with Gasteiger partial charge in [-0.3, -0.25) is 0 Å². The number of ether oxygens (including phenoxy) is 5. The molecule has 2 fully saturated rings. The molecule has 4 rings (SSSR count). The molecule has 0 bridgehead atoms. The second kappa shape index (κ2) is 17.9. The number of carbonyl (C=O) groups excluding carboxylic acids is 1. The first-order chi connectivity index (χ1) is 19.8. The highest BCUT2D eigenvalue weighted by molar-refractivity contribution is 6.63. The van der Waals surface area contributed by atoms with Crippen LogP contribution >= 0.6 is 34.8 Å². The third kappa shape index (κ3) is 9.43. The summed E-state index contributed by atoms with van der Waals surface area (Å²) in [7, 11) is 4.89. The van der Waals surface area contributed by atoms with Gasteiger partial charge in [-0.2, -0.15) is 0 Å². The summed E-state index contributed by atoms with van der Waals surface area (Å²) in [4.78, 5) is 13.7. The van der Waals surface area contributed by atoms with E-state index in [9.17, 15) is 4.79 Å². The number of nitrogens with one attached hydrogen (secondary N) is 1. The molecule has 0 amide bonds. The Labute approximate surface area is 270 Å². The van der Waals surface area contributed by atoms with E-state index in [2.05, 4.69) is 25.3 Å². The second-order valence-corrected chi connectivity index (χ2v) is 11.8. The largest absolute Gasteiger partial charge is 1.00 e. The number of rotatable bonds is 10. The molecule has 0 spiro atoms. The first-order valence-corrected chi connectivity index (χ1v) is 14.8. The maximum atomic E-state index is 12.1. The number of benzene rings is 2. The minimum Gasteiger partial charge on any atom is -1.00 e. The number of fused-ring (bicyclic) bond motifs is 1. The zero-order chi connectivity index (χ0) is 29.9. The molecule has 42 heavy (non-hydrogen) atoms. The maximum Gasteiger partial charge on any atom is 0.330 e. The van der Waals surface area contributed by atoms with Crippen LogP contribution in [0.1, 0.15) is 49.3 Å². The summed E-state index contributed by atoms with van der Waals surface area (Å²) >= 11 is 14.4. The number of halogens is 4. The molecule has 0 aromatic heterocycles. The minimum atomic E-state index is -0.750. The molecule has 0 radical (unpaired) electrons. The minimum absolute atomic E-state index is 0. The van der Waals surface area contributed by atoms with Crippen LogP contribution in [0.2, 0.25) is 0 Å². The lowest BCUT2D eigenvalue weighted by Gasteiger charge is -2.45. The number of hydrogen-bond donors (Lipinski definition) is 1. The molecule has 0 aliphatic carbocycles. The van der Waals surface area contributed by atoms with Crippen LogP contribution in [0.4, 0.5) is 0 Å². The Bertz CT molecular complexity index is 1190. The van der Waals surface area contributed by atoms with Crippen LogP contribution in [-0.4, -0.2) is 57.1 Å². The quantitative estimate of drug-likeness (QED) is 0.182. The molecule has 7 nitrogen and oxygen atoms in total. The van der Waals surface area contributed by atoms with Gasteiger partial charge in [0.1, 0.15) is 17.9 Å². The third-order valence-corrected chi connectivity index (χ3v) is 7.53. The van der Waals surface area contributed by atoms with Crippen molar-refractivity contribution in [3.05, 3.63) is 60.7 Å². The molecule has 232 valence electrons. The normalized spacial score (nSPS) is 21.0. The number of carbonyl (C=O) groups is 1. The lowest BCUT2D eigenvalue weighted by Crippen LogP contribution is -3.18. The van der Waals surface area contributed by atoms with Gasteiger partial charge in [-0.25, -0.2) is 4.79 Å². The second-order valence-electron chi connectivity index (χ2n) is 9.86. The Kier molecular flexibility index (Phi) is 15.3. The van der Waals surface area contributed by atoms with Crippen molar-refractivity contribution in [3.8, 4) is 28.4 Å². The lowest BCUT2D eigenvalue weighted by atomic mass is 9.81. The lowest BCUT2D eigenvalue weighted by molar-refractivity contribution is -0.967. The van der Waals surface area contributed by atoms with E-state index >= 15 is 0 Å². The molecule has 2 heterocycles. The van der Waals surface area contributed by atoms with Crippen LogP contribution in [0.15, 0.2) is 49.6 Å². The molecule has 2 aliphatic rings. The first kappa shape index (κ1) is 36.1. The van der Waals surface area contributed by atoms with Crippen molar-refractivity contribution >= 4 is 46.8 Å². The topological polar surface area (TPSA) is 67.7 Å². The molecule has 0 saturated carbocycles. The highest BCUT2D eigenvalue weighted by Gasteiger charge is 2.43. The van der Waals surface area contributed by atoms with Gasteiger partial charge in [-0.05, 0) is 54.7 Å². The van der Waals surface area contributed by atoms with Gasteiger partial charge in [0.15, 0.2) is 22.6 Å². The molecule has 1 N–H and O–H groups in total. The van der Waals surface area contributed by atoms with E-state index in [1.165, 1.54) is 23.8 Å². The zero-order valence-electron chi connectivity index (χ0n) is 24.2. The number of alkyl halides is 3. The Morgan fingerprint density at radius 2 is 1.69 bits per heavy atom. The van der Waals surface area contributed by atoms with E-state index < -0.39 is 4.30 Å². The van der Waals surface area contributed by atoms with E-state index in [1.54, 1.807) is 21.3 Å². The van der Waals surface area contributed by atoms with Gasteiger partial charge in [0.2, 0.25) is 0 Å². The molecular weight excluding hydrogens is 624 g/mol. The fourth-order valence-electron chi connectivity index (χ4n) is 5.85. The van der Waals surface area contributed by atoms with Crippen LogP contribution in [0.25, 0.3) is 17.2 Å². The molecule has 2 aromatic rings. The predicted octanol–water partition coefficient (Wildman–Crippen LogP) is 3.36. The van der Waals surface area contributed by atoms with E-state index in [4.69, 9.17) is 58.5 Å². The van der Waals surface area contributed by atoms with Gasteiger partial charge < -0.3 is 41.0 Å². The average molecular weight is 663 g/mol. The smallest absolute Gasteiger partial charge is 0.330 e. The van der Waals surface area contributed by atoms with E-state index in [0.717, 1.165) is 41.6 Å². The summed E-state index contributed by atoms with van der Waals surface area (Å²) in [5, 5.41) is 0. The third-order valence-electron chi connectivity index (χ3n) is 7.53. The van der Waals surface area contributed by atoms with Crippen molar-refractivity contribution in [1.82, 2.24) is 0 Å². The fraction of sp³-hybridized carbons (Fsp3) is 0.452. The molecule has 2 saturated heterocycles. The Morgan fingerprint density at radius 3 is 2.31 bits per heavy atom. The van der Waals surface area contributed by atoms with E-state index in [0.29, 0.717) is 29.7 Å². The molecule has 2 aliphatic heterocycles. The van der Waals surface area contributed by atoms with Crippen molar-refractivity contribution < 1.29 is 45.8 Å². The van der Waals surface area contributed by atoms with Crippen molar-refractivity contribution in [2.45, 2.75) is 54.6 Å². The summed E-state index contributed by atoms with van der Waals surface area (Å²) in [6.07, 6.45) is 7.95. The number of methoxy groups -OCH3 is 3. The van der Waals surface area contributed by atoms with Crippen LogP contribution in [0.3, 0.4) is 0 Å². The SMILES string of the molecule is C=CC(=O)O[C@H]1C[C@H]2CCCC[NH+]2[C@H](c2cc(OC)c(OC)cc2-c2cc(C=C)ccc2OCOC)C1.ClC(Cl)Cl.[Cl-]. The molecule has 2 aromatic carbocycles. The van der Waals surface area contributed by atoms with Crippen molar-refractivity contribution in [2.75, 3.05) is 34.7 Å². The number of piperidine rings is 2. The summed E-state index contributed by atoms with van der Waals surface area (Å²) in [5.74, 6) is 1.64. The van der Waals surface area contributed by atoms with Gasteiger partial charge in [0.25, 0.3) is 0 Å². The standard InChI is InChI=1S/C30H37NO6.CHCl3.ClH/c1-6-20-11-12-27(36-19-33-3)25(14-20)23-17-28(34-4)29(35-5)18-24(23)26-16-22(37-30(32)7-2)15-21-10-8-9-13-31(21)26;2-1(3)4;/h6-7,11-12,14,17-18,21-22,26H,1-2,8-10,13,15-16,19H2,3-5H3;1H;1H/t21-,22+,26+;;/m1../s1. The predicted molar refractivity (Wildman–Crippen MR) is 164 cm³/mol. The number of hydrogen-bond acceptors (Lipinski definition) is 6. The van der Waals surface area contributed by atoms with Gasteiger partial charge >= 0.3 is 5.97 Å². The van der Waals surface area contributed by atoms with E-state index in [1.807, 2.05) is 24.3 Å². The summed E-state index contributed by atoms with van der Waals surface area (Å²) < 4.78 is 27.7. The fourth-order valence-corrected chi connectivity index (χ4v) is 5.85. The van der Waals surface area contributed by atoms with Gasteiger partial charge in [0.05, 0.1) is 26.8 Å². The highest BCUT2D eigenvalue weighted by Crippen LogP contribution is 2.43. The molecule has 4 atom stereocenters. The average Bonchev–Trinajstić information content (AvgIpc) is 2.98. The number of quaternary nitrogens is 1. The van der Waals surface area contributed by atoms with Gasteiger partial charge in [-0.1, -0.05) is 60.1 Å². The Balaban J connectivity index is 0.00000116. The zero-order valence-corrected chi connectivity index (χ0v) is 27.2. The monoisotopic (exact) mass is 661 g/mol. The maximum absolute atomic E-state index is 12.1. The molecule has 11 heteroatoms. The van der Waals surface area contributed by atoms with Gasteiger partial charge in [-0.15, -0.1) is 0 Å². The highest BCUT2D eigenvalue weighted by atomic mass is 35.6. The van der Waals surface area contributed by atoms with Crippen molar-refractivity contribution in [2.24, 2.45) is 0 Å². The molecule has 1 unspecified atom stereocenters. The van der Waals surface area contributed by atoms with Crippen molar-refractivity contribution in [3.63, 3.8) is 0 Å². The van der Waals surface area contributed by atoms with Crippen LogP contribution in [-0.2, 0) is 14.3 Å². The number of esters is 1. The Hall–Kier alpha value is -2.13. The van der Waals surface area contributed by atoms with Crippen LogP contribution in [0, 0.1) is 0 Å². The Morgan fingerprint density at radius 1 is 1.00 bits per heavy atom. The summed E-state index contributed by atoms with van der Waals surface area (Å²) in [5.41, 5.74) is 4.00. The first-order valence-electron chi connectivity index (χ1n) is 13.5. The van der Waals surface area contributed by atoms with Gasteiger partial charge in [0, 0.05) is 37.2 Å². The van der Waals surface area contributed by atoms with Crippen molar-refractivity contribution in [1.29, 1.82) is 0 Å². The van der Waals surface area contributed by atoms with Crippen LogP contribution in [0.5, 0.6) is 17.2 Å².